The molecule has 3 rings (SSSR count). The van der Waals surface area contributed by atoms with Gasteiger partial charge in [0.1, 0.15) is 11.5 Å². The molecule has 1 heterocycles. The van der Waals surface area contributed by atoms with Crippen LogP contribution in [0, 0.1) is 0 Å². The van der Waals surface area contributed by atoms with Crippen LogP contribution in [-0.2, 0) is 6.18 Å². The van der Waals surface area contributed by atoms with Crippen LogP contribution in [0.2, 0.25) is 0 Å². The molecular weight excluding hydrogens is 271 g/mol. The first-order valence-electron chi connectivity index (χ1n) is 5.68. The molecule has 0 amide bonds. The van der Waals surface area contributed by atoms with Gasteiger partial charge in [-0.25, -0.2) is 4.98 Å². The van der Waals surface area contributed by atoms with Crippen molar-refractivity contribution in [2.24, 2.45) is 0 Å². The van der Waals surface area contributed by atoms with Crippen LogP contribution >= 0.6 is 0 Å². The number of benzene rings is 2. The summed E-state index contributed by atoms with van der Waals surface area (Å²) >= 11 is 0. The van der Waals surface area contributed by atoms with E-state index in [4.69, 9.17) is 0 Å². The van der Waals surface area contributed by atoms with E-state index >= 15 is 0 Å². The maximum absolute atomic E-state index is 12.7. The number of hydrogen-bond donors (Lipinski definition) is 2. The largest absolute Gasteiger partial charge is 0.508 e. The Morgan fingerprint density at radius 2 is 1.65 bits per heavy atom. The zero-order chi connectivity index (χ0) is 14.5. The molecule has 0 saturated carbocycles. The molecule has 2 aromatic carbocycles. The summed E-state index contributed by atoms with van der Waals surface area (Å²) < 4.78 is 38.0. The van der Waals surface area contributed by atoms with Gasteiger partial charge in [0.05, 0.1) is 16.6 Å². The van der Waals surface area contributed by atoms with Gasteiger partial charge in [0, 0.05) is 22.9 Å². The Hall–Kier alpha value is -2.50. The molecule has 0 aliphatic rings. The second-order valence-electron chi connectivity index (χ2n) is 4.43. The summed E-state index contributed by atoms with van der Waals surface area (Å²) in [5, 5.41) is 20.0. The highest BCUT2D eigenvalue weighted by atomic mass is 19.4. The minimum Gasteiger partial charge on any atom is -0.508 e. The van der Waals surface area contributed by atoms with Crippen molar-refractivity contribution in [1.82, 2.24) is 4.98 Å². The summed E-state index contributed by atoms with van der Waals surface area (Å²) in [5.41, 5.74) is -0.409. The van der Waals surface area contributed by atoms with E-state index in [0.29, 0.717) is 10.8 Å². The highest BCUT2D eigenvalue weighted by Gasteiger charge is 2.30. The number of aromatic hydroxyl groups is 2. The van der Waals surface area contributed by atoms with Crippen LogP contribution in [0.15, 0.2) is 36.4 Å². The summed E-state index contributed by atoms with van der Waals surface area (Å²) in [7, 11) is 0. The second kappa shape index (κ2) is 4.00. The number of aromatic nitrogens is 1. The lowest BCUT2D eigenvalue weighted by molar-refractivity contribution is -0.137. The summed E-state index contributed by atoms with van der Waals surface area (Å²) in [6.07, 6.45) is -4.44. The maximum atomic E-state index is 12.7. The molecule has 0 saturated heterocycles. The van der Waals surface area contributed by atoms with Gasteiger partial charge in [-0.15, -0.1) is 0 Å². The second-order valence-corrected chi connectivity index (χ2v) is 4.43. The fourth-order valence-corrected chi connectivity index (χ4v) is 2.07. The molecule has 3 aromatic rings. The van der Waals surface area contributed by atoms with Crippen molar-refractivity contribution >= 4 is 21.8 Å². The van der Waals surface area contributed by atoms with E-state index in [9.17, 15) is 23.4 Å². The summed E-state index contributed by atoms with van der Waals surface area (Å²) in [6, 6.07) is 7.18. The minimum absolute atomic E-state index is 0.150. The molecule has 0 unspecified atom stereocenters. The maximum Gasteiger partial charge on any atom is 0.416 e. The normalized spacial score (nSPS) is 12.2. The first kappa shape index (κ1) is 12.5. The van der Waals surface area contributed by atoms with E-state index in [1.54, 1.807) is 0 Å². The number of hydrogen-bond acceptors (Lipinski definition) is 3. The predicted octanol–water partition coefficient (Wildman–Crippen LogP) is 3.82. The molecule has 0 spiro atoms. The van der Waals surface area contributed by atoms with Gasteiger partial charge in [0.25, 0.3) is 0 Å². The molecule has 0 bridgehead atoms. The van der Waals surface area contributed by atoms with Gasteiger partial charge < -0.3 is 10.2 Å². The fourth-order valence-electron chi connectivity index (χ4n) is 2.07. The molecule has 3 nitrogen and oxygen atoms in total. The van der Waals surface area contributed by atoms with Crippen molar-refractivity contribution in [2.45, 2.75) is 6.18 Å². The Morgan fingerprint density at radius 3 is 2.35 bits per heavy atom. The third-order valence-electron chi connectivity index (χ3n) is 3.02. The SMILES string of the molecule is Oc1cc(O)c2cc3ccc(C(F)(F)F)cc3nc2c1. The molecule has 0 fully saturated rings. The lowest BCUT2D eigenvalue weighted by Crippen LogP contribution is -2.04. The Labute approximate surface area is 110 Å². The van der Waals surface area contributed by atoms with Gasteiger partial charge in [-0.05, 0) is 18.2 Å². The number of alkyl halides is 3. The Morgan fingerprint density at radius 1 is 0.900 bits per heavy atom. The number of nitrogens with zero attached hydrogens (tertiary/aromatic N) is 1. The molecule has 20 heavy (non-hydrogen) atoms. The number of fused-ring (bicyclic) bond motifs is 2. The van der Waals surface area contributed by atoms with Crippen molar-refractivity contribution in [3.8, 4) is 11.5 Å². The third kappa shape index (κ3) is 1.99. The van der Waals surface area contributed by atoms with E-state index in [1.807, 2.05) is 0 Å². The minimum atomic E-state index is -4.44. The lowest BCUT2D eigenvalue weighted by Gasteiger charge is -2.09. The van der Waals surface area contributed by atoms with Gasteiger partial charge >= 0.3 is 6.18 Å². The average Bonchev–Trinajstić information content (AvgIpc) is 2.35. The highest BCUT2D eigenvalue weighted by molar-refractivity contribution is 5.96. The third-order valence-corrected chi connectivity index (χ3v) is 3.02. The quantitative estimate of drug-likeness (QED) is 0.615. The average molecular weight is 279 g/mol. The molecule has 2 N–H and O–H groups in total. The Balaban J connectivity index is 2.34. The summed E-state index contributed by atoms with van der Waals surface area (Å²) in [5.74, 6) is -0.372. The van der Waals surface area contributed by atoms with E-state index in [1.165, 1.54) is 18.2 Å². The van der Waals surface area contributed by atoms with E-state index in [0.717, 1.165) is 18.2 Å². The van der Waals surface area contributed by atoms with E-state index in [-0.39, 0.29) is 22.5 Å². The summed E-state index contributed by atoms with van der Waals surface area (Å²) in [4.78, 5) is 4.05. The zero-order valence-corrected chi connectivity index (χ0v) is 9.94. The van der Waals surface area contributed by atoms with Crippen LogP contribution in [-0.4, -0.2) is 15.2 Å². The fraction of sp³-hybridized carbons (Fsp3) is 0.0714. The van der Waals surface area contributed by atoms with Crippen LogP contribution < -0.4 is 0 Å². The first-order valence-corrected chi connectivity index (χ1v) is 5.68. The number of phenolic OH excluding ortho intramolecular Hbond substituents is 2. The van der Waals surface area contributed by atoms with Crippen LogP contribution in [0.5, 0.6) is 11.5 Å². The van der Waals surface area contributed by atoms with Crippen molar-refractivity contribution < 1.29 is 23.4 Å². The van der Waals surface area contributed by atoms with Gasteiger partial charge in [-0.2, -0.15) is 13.2 Å². The standard InChI is InChI=1S/C14H8F3NO2/c15-14(16,17)8-2-1-7-3-10-12(18-11(7)4-8)5-9(19)6-13(10)20/h1-6,19-20H. The van der Waals surface area contributed by atoms with Crippen LogP contribution in [0.1, 0.15) is 5.56 Å². The Bertz CT molecular complexity index is 828. The van der Waals surface area contributed by atoms with E-state index < -0.39 is 11.7 Å². The number of pyridine rings is 1. The van der Waals surface area contributed by atoms with Crippen LogP contribution in [0.25, 0.3) is 21.8 Å². The number of rotatable bonds is 0. The highest BCUT2D eigenvalue weighted by Crippen LogP contribution is 2.34. The molecule has 102 valence electrons. The molecule has 0 aliphatic carbocycles. The molecule has 6 heteroatoms. The molecule has 0 atom stereocenters. The van der Waals surface area contributed by atoms with Gasteiger partial charge in [-0.3, -0.25) is 0 Å². The number of phenols is 2. The predicted molar refractivity (Wildman–Crippen MR) is 67.6 cm³/mol. The smallest absolute Gasteiger partial charge is 0.416 e. The zero-order valence-electron chi connectivity index (χ0n) is 9.94. The van der Waals surface area contributed by atoms with Gasteiger partial charge in [-0.1, -0.05) is 6.07 Å². The van der Waals surface area contributed by atoms with Crippen molar-refractivity contribution in [3.05, 3.63) is 42.0 Å². The monoisotopic (exact) mass is 279 g/mol. The molecule has 0 radical (unpaired) electrons. The lowest BCUT2D eigenvalue weighted by atomic mass is 10.1. The summed E-state index contributed by atoms with van der Waals surface area (Å²) in [6.45, 7) is 0. The van der Waals surface area contributed by atoms with Crippen molar-refractivity contribution in [2.75, 3.05) is 0 Å². The van der Waals surface area contributed by atoms with Crippen molar-refractivity contribution in [3.63, 3.8) is 0 Å². The molecule has 1 aromatic heterocycles. The first-order chi connectivity index (χ1) is 9.34. The van der Waals surface area contributed by atoms with Crippen molar-refractivity contribution in [1.29, 1.82) is 0 Å². The topological polar surface area (TPSA) is 53.4 Å². The van der Waals surface area contributed by atoms with Gasteiger partial charge in [0.15, 0.2) is 0 Å². The Kier molecular flexibility index (Phi) is 2.50. The molecule has 0 aliphatic heterocycles. The van der Waals surface area contributed by atoms with Gasteiger partial charge in [0.2, 0.25) is 0 Å². The number of halogens is 3. The van der Waals surface area contributed by atoms with E-state index in [2.05, 4.69) is 4.98 Å². The van der Waals surface area contributed by atoms with Crippen LogP contribution in [0.4, 0.5) is 13.2 Å². The van der Waals surface area contributed by atoms with Crippen LogP contribution in [0.3, 0.4) is 0 Å². The molecular formula is C14H8F3NO2.